The highest BCUT2D eigenvalue weighted by atomic mass is 32.2. The lowest BCUT2D eigenvalue weighted by atomic mass is 10.0. The van der Waals surface area contributed by atoms with Crippen molar-refractivity contribution in [3.63, 3.8) is 0 Å². The number of hydrogen-bond donors (Lipinski definition) is 0. The molecule has 2 nitrogen and oxygen atoms in total. The molecule has 1 fully saturated rings. The van der Waals surface area contributed by atoms with Crippen LogP contribution in [0.25, 0.3) is 0 Å². The van der Waals surface area contributed by atoms with E-state index < -0.39 is 0 Å². The first kappa shape index (κ1) is 10.7. The fourth-order valence-electron chi connectivity index (χ4n) is 1.81. The molecule has 2 rings (SSSR count). The Hall–Kier alpha value is -0.830. The summed E-state index contributed by atoms with van der Waals surface area (Å²) in [6.07, 6.45) is 7.60. The third-order valence-corrected chi connectivity index (χ3v) is 4.09. The third kappa shape index (κ3) is 3.06. The number of thioether (sulfide) groups is 1. The van der Waals surface area contributed by atoms with Gasteiger partial charge < -0.3 is 0 Å². The van der Waals surface area contributed by atoms with Crippen LogP contribution in [0.4, 0.5) is 0 Å². The zero-order chi connectivity index (χ0) is 10.5. The number of carbonyl (C=O) groups is 1. The van der Waals surface area contributed by atoms with E-state index in [-0.39, 0.29) is 5.25 Å². The molecular formula is C12H15NOS. The minimum absolute atomic E-state index is 0.243. The molecule has 0 spiro atoms. The van der Waals surface area contributed by atoms with Crippen molar-refractivity contribution in [3.05, 3.63) is 30.1 Å². The number of nitrogens with zero attached hydrogens (tertiary/aromatic N) is 1. The second kappa shape index (κ2) is 5.31. The minimum atomic E-state index is 0.243. The lowest BCUT2D eigenvalue weighted by Gasteiger charge is -2.19. The molecule has 15 heavy (non-hydrogen) atoms. The van der Waals surface area contributed by atoms with Crippen LogP contribution in [0.5, 0.6) is 0 Å². The number of rotatable bonds is 3. The molecule has 1 aliphatic heterocycles. The van der Waals surface area contributed by atoms with Gasteiger partial charge in [0.1, 0.15) is 5.78 Å². The van der Waals surface area contributed by atoms with Crippen molar-refractivity contribution in [1.82, 2.24) is 4.98 Å². The molecule has 1 atom stereocenters. The first-order valence-electron chi connectivity index (χ1n) is 5.39. The molecule has 0 aromatic carbocycles. The van der Waals surface area contributed by atoms with Gasteiger partial charge in [-0.2, -0.15) is 11.8 Å². The Morgan fingerprint density at radius 2 is 2.20 bits per heavy atom. The minimum Gasteiger partial charge on any atom is -0.298 e. The van der Waals surface area contributed by atoms with Gasteiger partial charge in [-0.1, -0.05) is 6.42 Å². The average molecular weight is 221 g/mol. The molecule has 1 saturated heterocycles. The molecule has 0 aliphatic carbocycles. The molecule has 80 valence electrons. The first-order chi connectivity index (χ1) is 7.36. The van der Waals surface area contributed by atoms with Gasteiger partial charge in [-0.3, -0.25) is 9.78 Å². The highest BCUT2D eigenvalue weighted by Gasteiger charge is 2.21. The van der Waals surface area contributed by atoms with Gasteiger partial charge in [0.15, 0.2) is 0 Å². The monoisotopic (exact) mass is 221 g/mol. The van der Waals surface area contributed by atoms with Crippen molar-refractivity contribution >= 4 is 17.5 Å². The van der Waals surface area contributed by atoms with Gasteiger partial charge in [-0.05, 0) is 36.3 Å². The van der Waals surface area contributed by atoms with E-state index in [9.17, 15) is 4.79 Å². The van der Waals surface area contributed by atoms with E-state index in [2.05, 4.69) is 4.98 Å². The van der Waals surface area contributed by atoms with E-state index >= 15 is 0 Å². The molecule has 0 saturated carbocycles. The normalized spacial score (nSPS) is 21.2. The van der Waals surface area contributed by atoms with E-state index in [0.717, 1.165) is 17.7 Å². The standard InChI is InChI=1S/C12H15NOS/c14-11(12-3-1-2-8-15-12)9-10-4-6-13-7-5-10/h4-7,12H,1-3,8-9H2. The zero-order valence-corrected chi connectivity index (χ0v) is 9.50. The summed E-state index contributed by atoms with van der Waals surface area (Å²) in [5.41, 5.74) is 1.08. The number of hydrogen-bond acceptors (Lipinski definition) is 3. The lowest BCUT2D eigenvalue weighted by Crippen LogP contribution is -2.22. The molecule has 1 aliphatic rings. The molecule has 1 aromatic heterocycles. The fraction of sp³-hybridized carbons (Fsp3) is 0.500. The van der Waals surface area contributed by atoms with Gasteiger partial charge in [-0.15, -0.1) is 0 Å². The van der Waals surface area contributed by atoms with E-state index in [0.29, 0.717) is 12.2 Å². The molecule has 0 radical (unpaired) electrons. The van der Waals surface area contributed by atoms with Crippen LogP contribution in [0, 0.1) is 0 Å². The maximum Gasteiger partial charge on any atom is 0.150 e. The summed E-state index contributed by atoms with van der Waals surface area (Å²) in [4.78, 5) is 15.9. The van der Waals surface area contributed by atoms with Gasteiger partial charge in [-0.25, -0.2) is 0 Å². The number of ketones is 1. The number of Topliss-reactive ketones (excluding diaryl/α,β-unsaturated/α-hetero) is 1. The molecule has 0 bridgehead atoms. The highest BCUT2D eigenvalue weighted by molar-refractivity contribution is 8.00. The number of pyridine rings is 1. The van der Waals surface area contributed by atoms with Gasteiger partial charge in [0.2, 0.25) is 0 Å². The van der Waals surface area contributed by atoms with Gasteiger partial charge in [0.05, 0.1) is 5.25 Å². The summed E-state index contributed by atoms with van der Waals surface area (Å²) < 4.78 is 0. The van der Waals surface area contributed by atoms with Crippen molar-refractivity contribution in [2.45, 2.75) is 30.9 Å². The van der Waals surface area contributed by atoms with Crippen LogP contribution in [0.2, 0.25) is 0 Å². The third-order valence-electron chi connectivity index (χ3n) is 2.67. The van der Waals surface area contributed by atoms with Crippen LogP contribution in [0.15, 0.2) is 24.5 Å². The lowest BCUT2D eigenvalue weighted by molar-refractivity contribution is -0.118. The Labute approximate surface area is 94.5 Å². The van der Waals surface area contributed by atoms with E-state index in [1.807, 2.05) is 23.9 Å². The Kier molecular flexibility index (Phi) is 3.78. The highest BCUT2D eigenvalue weighted by Crippen LogP contribution is 2.26. The predicted octanol–water partition coefficient (Wildman–Crippen LogP) is 2.48. The Bertz CT molecular complexity index is 320. The van der Waals surface area contributed by atoms with Crippen molar-refractivity contribution in [3.8, 4) is 0 Å². The molecule has 1 unspecified atom stereocenters. The Morgan fingerprint density at radius 3 is 2.87 bits per heavy atom. The number of carbonyl (C=O) groups excluding carboxylic acids is 1. The van der Waals surface area contributed by atoms with Gasteiger partial charge >= 0.3 is 0 Å². The maximum absolute atomic E-state index is 11.9. The Morgan fingerprint density at radius 1 is 1.40 bits per heavy atom. The van der Waals surface area contributed by atoms with E-state index in [1.165, 1.54) is 12.8 Å². The van der Waals surface area contributed by atoms with Gasteiger partial charge in [0.25, 0.3) is 0 Å². The summed E-state index contributed by atoms with van der Waals surface area (Å²) in [7, 11) is 0. The fourth-order valence-corrected chi connectivity index (χ4v) is 3.07. The molecule has 2 heterocycles. The van der Waals surface area contributed by atoms with Gasteiger partial charge in [0, 0.05) is 18.8 Å². The largest absolute Gasteiger partial charge is 0.298 e. The summed E-state index contributed by atoms with van der Waals surface area (Å²) in [6, 6.07) is 3.84. The SMILES string of the molecule is O=C(Cc1ccncc1)C1CCCCS1. The zero-order valence-electron chi connectivity index (χ0n) is 8.69. The van der Waals surface area contributed by atoms with Crippen LogP contribution < -0.4 is 0 Å². The molecular weight excluding hydrogens is 206 g/mol. The summed E-state index contributed by atoms with van der Waals surface area (Å²) in [5, 5.41) is 0.243. The van der Waals surface area contributed by atoms with Crippen LogP contribution in [0.1, 0.15) is 24.8 Å². The van der Waals surface area contributed by atoms with Crippen LogP contribution in [0.3, 0.4) is 0 Å². The second-order valence-electron chi connectivity index (χ2n) is 3.85. The number of aromatic nitrogens is 1. The molecule has 1 aromatic rings. The summed E-state index contributed by atoms with van der Waals surface area (Å²) in [5.74, 6) is 1.53. The van der Waals surface area contributed by atoms with Crippen molar-refractivity contribution in [1.29, 1.82) is 0 Å². The maximum atomic E-state index is 11.9. The summed E-state index contributed by atoms with van der Waals surface area (Å²) in [6.45, 7) is 0. The summed E-state index contributed by atoms with van der Waals surface area (Å²) >= 11 is 1.83. The van der Waals surface area contributed by atoms with Crippen molar-refractivity contribution in [2.75, 3.05) is 5.75 Å². The average Bonchev–Trinajstić information content (AvgIpc) is 2.31. The quantitative estimate of drug-likeness (QED) is 0.785. The van der Waals surface area contributed by atoms with Crippen molar-refractivity contribution in [2.24, 2.45) is 0 Å². The molecule has 0 amide bonds. The topological polar surface area (TPSA) is 30.0 Å². The van der Waals surface area contributed by atoms with Crippen LogP contribution in [-0.2, 0) is 11.2 Å². The van der Waals surface area contributed by atoms with Crippen molar-refractivity contribution < 1.29 is 4.79 Å². The molecule has 3 heteroatoms. The van der Waals surface area contributed by atoms with E-state index in [4.69, 9.17) is 0 Å². The molecule has 0 N–H and O–H groups in total. The van der Waals surface area contributed by atoms with Crippen LogP contribution >= 0.6 is 11.8 Å². The van der Waals surface area contributed by atoms with E-state index in [1.54, 1.807) is 12.4 Å². The van der Waals surface area contributed by atoms with Crippen LogP contribution in [-0.4, -0.2) is 21.8 Å². The smallest absolute Gasteiger partial charge is 0.150 e. The first-order valence-corrected chi connectivity index (χ1v) is 6.44. The second-order valence-corrected chi connectivity index (χ2v) is 5.16. The predicted molar refractivity (Wildman–Crippen MR) is 63.0 cm³/mol. The Balaban J connectivity index is 1.91.